The Morgan fingerprint density at radius 1 is 1.30 bits per heavy atom. The van der Waals surface area contributed by atoms with Crippen molar-refractivity contribution in [3.8, 4) is 0 Å². The van der Waals surface area contributed by atoms with E-state index in [-0.39, 0.29) is 17.6 Å². The van der Waals surface area contributed by atoms with Crippen molar-refractivity contribution in [2.75, 3.05) is 6.61 Å². The standard InChI is InChI=1S/C28H35FN2O2/c1-3-4-8-18-33-22(2)10-6-5-7-15-28(25-20-30-27(32)31-21-25)16-13-23(14-17-28)24-11-9-12-26(29)19-24/h7,9,11-16,19-22H,3-6,8,10,17-18H2,1-2H3,(H,30,31,32)/b15-7+. The van der Waals surface area contributed by atoms with Gasteiger partial charge in [-0.25, -0.2) is 14.2 Å². The van der Waals surface area contributed by atoms with E-state index < -0.39 is 5.41 Å². The van der Waals surface area contributed by atoms with Gasteiger partial charge in [0.15, 0.2) is 0 Å². The molecule has 1 aliphatic carbocycles. The van der Waals surface area contributed by atoms with Crippen LogP contribution >= 0.6 is 0 Å². The molecule has 3 rings (SSSR count). The lowest BCUT2D eigenvalue weighted by atomic mass is 9.74. The molecule has 1 aromatic heterocycles. The van der Waals surface area contributed by atoms with Gasteiger partial charge >= 0.3 is 5.69 Å². The Hall–Kier alpha value is -2.79. The molecular formula is C28H35FN2O2. The summed E-state index contributed by atoms with van der Waals surface area (Å²) in [7, 11) is 0. The molecule has 2 aromatic rings. The monoisotopic (exact) mass is 450 g/mol. The van der Waals surface area contributed by atoms with E-state index in [1.54, 1.807) is 24.5 Å². The van der Waals surface area contributed by atoms with Gasteiger partial charge in [0.25, 0.3) is 0 Å². The molecule has 0 saturated carbocycles. The second kappa shape index (κ2) is 12.4. The van der Waals surface area contributed by atoms with Crippen LogP contribution in [0.2, 0.25) is 0 Å². The van der Waals surface area contributed by atoms with Crippen LogP contribution in [-0.4, -0.2) is 22.7 Å². The highest BCUT2D eigenvalue weighted by molar-refractivity contribution is 5.76. The van der Waals surface area contributed by atoms with Crippen LogP contribution in [0.15, 0.2) is 71.8 Å². The van der Waals surface area contributed by atoms with E-state index in [1.807, 2.05) is 12.1 Å². The number of H-pyrrole nitrogens is 1. The van der Waals surface area contributed by atoms with Crippen LogP contribution < -0.4 is 5.69 Å². The van der Waals surface area contributed by atoms with Gasteiger partial charge in [0.1, 0.15) is 5.82 Å². The lowest BCUT2D eigenvalue weighted by Gasteiger charge is -2.29. The van der Waals surface area contributed by atoms with Crippen molar-refractivity contribution < 1.29 is 9.13 Å². The number of nitrogens with one attached hydrogen (secondary N) is 1. The Kier molecular flexibility index (Phi) is 9.37. The largest absolute Gasteiger partial charge is 0.379 e. The molecule has 33 heavy (non-hydrogen) atoms. The van der Waals surface area contributed by atoms with E-state index in [9.17, 15) is 9.18 Å². The Bertz CT molecular complexity index is 1020. The van der Waals surface area contributed by atoms with Gasteiger partial charge in [-0.3, -0.25) is 0 Å². The molecule has 0 bridgehead atoms. The van der Waals surface area contributed by atoms with Crippen molar-refractivity contribution in [1.82, 2.24) is 9.97 Å². The molecule has 1 N–H and O–H groups in total. The van der Waals surface area contributed by atoms with E-state index in [4.69, 9.17) is 4.74 Å². The third-order valence-electron chi connectivity index (χ3n) is 6.13. The van der Waals surface area contributed by atoms with Crippen LogP contribution in [0.25, 0.3) is 5.57 Å². The lowest BCUT2D eigenvalue weighted by Crippen LogP contribution is -2.24. The number of rotatable bonds is 12. The molecule has 2 unspecified atom stereocenters. The number of hydrogen-bond donors (Lipinski definition) is 1. The molecule has 1 aliphatic rings. The van der Waals surface area contributed by atoms with E-state index in [0.717, 1.165) is 49.0 Å². The number of hydrogen-bond acceptors (Lipinski definition) is 3. The van der Waals surface area contributed by atoms with Gasteiger partial charge in [0, 0.05) is 30.0 Å². The third kappa shape index (κ3) is 7.36. The minimum atomic E-state index is -0.393. The summed E-state index contributed by atoms with van der Waals surface area (Å²) in [6, 6.07) is 6.63. The summed E-state index contributed by atoms with van der Waals surface area (Å²) in [5.41, 5.74) is 2.02. The molecule has 4 nitrogen and oxygen atoms in total. The van der Waals surface area contributed by atoms with E-state index >= 15 is 0 Å². The highest BCUT2D eigenvalue weighted by Gasteiger charge is 2.28. The maximum absolute atomic E-state index is 13.7. The smallest absolute Gasteiger partial charge is 0.344 e. The maximum atomic E-state index is 13.7. The minimum absolute atomic E-state index is 0.244. The number of allylic oxidation sites excluding steroid dienone is 6. The van der Waals surface area contributed by atoms with Crippen molar-refractivity contribution in [2.24, 2.45) is 0 Å². The summed E-state index contributed by atoms with van der Waals surface area (Å²) in [6.45, 7) is 5.19. The molecule has 0 radical (unpaired) electrons. The number of aromatic amines is 1. The summed E-state index contributed by atoms with van der Waals surface area (Å²) in [4.78, 5) is 18.1. The average molecular weight is 451 g/mol. The fraction of sp³-hybridized carbons (Fsp3) is 0.429. The maximum Gasteiger partial charge on any atom is 0.344 e. The van der Waals surface area contributed by atoms with Gasteiger partial charge in [0.2, 0.25) is 0 Å². The normalized spacial score (nSPS) is 19.1. The van der Waals surface area contributed by atoms with Crippen molar-refractivity contribution in [1.29, 1.82) is 0 Å². The number of nitrogens with zero attached hydrogens (tertiary/aromatic N) is 1. The first-order valence-electron chi connectivity index (χ1n) is 12.0. The Balaban J connectivity index is 1.64. The van der Waals surface area contributed by atoms with E-state index in [1.165, 1.54) is 18.9 Å². The summed E-state index contributed by atoms with van der Waals surface area (Å²) < 4.78 is 19.6. The number of aromatic nitrogens is 2. The molecule has 176 valence electrons. The minimum Gasteiger partial charge on any atom is -0.379 e. The molecule has 1 aromatic carbocycles. The molecule has 1 heterocycles. The molecule has 2 atom stereocenters. The fourth-order valence-electron chi connectivity index (χ4n) is 4.10. The van der Waals surface area contributed by atoms with Crippen LogP contribution in [0.5, 0.6) is 0 Å². The van der Waals surface area contributed by atoms with Gasteiger partial charge in [0.05, 0.1) is 6.10 Å². The predicted octanol–water partition coefficient (Wildman–Crippen LogP) is 6.51. The van der Waals surface area contributed by atoms with Gasteiger partial charge in [-0.1, -0.05) is 62.3 Å². The highest BCUT2D eigenvalue weighted by atomic mass is 19.1. The van der Waals surface area contributed by atoms with Gasteiger partial charge in [-0.05, 0) is 62.3 Å². The zero-order chi connectivity index (χ0) is 23.5. The molecule has 0 aliphatic heterocycles. The molecule has 5 heteroatoms. The number of unbranched alkanes of at least 4 members (excludes halogenated alkanes) is 3. The van der Waals surface area contributed by atoms with Crippen LogP contribution in [0.4, 0.5) is 4.39 Å². The molecular weight excluding hydrogens is 415 g/mol. The van der Waals surface area contributed by atoms with Gasteiger partial charge < -0.3 is 9.72 Å². The van der Waals surface area contributed by atoms with Crippen LogP contribution in [0.1, 0.15) is 69.9 Å². The zero-order valence-electron chi connectivity index (χ0n) is 19.7. The van der Waals surface area contributed by atoms with Crippen molar-refractivity contribution in [3.05, 3.63) is 94.5 Å². The highest BCUT2D eigenvalue weighted by Crippen LogP contribution is 2.37. The second-order valence-electron chi connectivity index (χ2n) is 8.78. The fourth-order valence-corrected chi connectivity index (χ4v) is 4.10. The Morgan fingerprint density at radius 3 is 2.88 bits per heavy atom. The molecule has 0 saturated heterocycles. The molecule has 0 fully saturated rings. The van der Waals surface area contributed by atoms with Crippen molar-refractivity contribution >= 4 is 5.57 Å². The second-order valence-corrected chi connectivity index (χ2v) is 8.78. The first-order chi connectivity index (χ1) is 16.0. The van der Waals surface area contributed by atoms with Crippen molar-refractivity contribution in [3.63, 3.8) is 0 Å². The number of benzene rings is 1. The first-order valence-corrected chi connectivity index (χ1v) is 12.0. The average Bonchev–Trinajstić information content (AvgIpc) is 2.82. The lowest BCUT2D eigenvalue weighted by molar-refractivity contribution is 0.0566. The third-order valence-corrected chi connectivity index (χ3v) is 6.13. The first kappa shape index (κ1) is 24.8. The van der Waals surface area contributed by atoms with Crippen LogP contribution in [0.3, 0.4) is 0 Å². The molecule has 0 amide bonds. The zero-order valence-corrected chi connectivity index (χ0v) is 19.7. The summed E-state index contributed by atoms with van der Waals surface area (Å²) in [5.74, 6) is -0.244. The van der Waals surface area contributed by atoms with Gasteiger partial charge in [-0.15, -0.1) is 0 Å². The van der Waals surface area contributed by atoms with E-state index in [0.29, 0.717) is 6.42 Å². The number of ether oxygens (including phenoxy) is 1. The quantitative estimate of drug-likeness (QED) is 0.296. The number of halogens is 1. The Labute approximate surface area is 196 Å². The van der Waals surface area contributed by atoms with Crippen LogP contribution in [0, 0.1) is 5.82 Å². The predicted molar refractivity (Wildman–Crippen MR) is 133 cm³/mol. The Morgan fingerprint density at radius 2 is 2.18 bits per heavy atom. The summed E-state index contributed by atoms with van der Waals surface area (Å²) >= 11 is 0. The van der Waals surface area contributed by atoms with Gasteiger partial charge in [-0.2, -0.15) is 0 Å². The van der Waals surface area contributed by atoms with E-state index in [2.05, 4.69) is 48.1 Å². The summed E-state index contributed by atoms with van der Waals surface area (Å²) in [5, 5.41) is 0. The summed E-state index contributed by atoms with van der Waals surface area (Å²) in [6.07, 6.45) is 21.6. The SMILES string of the molecule is CCCCCOC(C)CCC/C=C/C1(c2cnc(=O)[nH]c2)C=CC(c2cccc(F)c2)=CC1. The molecule has 0 spiro atoms. The van der Waals surface area contributed by atoms with Crippen molar-refractivity contribution in [2.45, 2.75) is 70.3 Å². The topological polar surface area (TPSA) is 55.0 Å². The van der Waals surface area contributed by atoms with Crippen LogP contribution in [-0.2, 0) is 10.2 Å².